The van der Waals surface area contributed by atoms with Crippen LogP contribution in [0, 0.1) is 0 Å². The third-order valence-electron chi connectivity index (χ3n) is 6.26. The summed E-state index contributed by atoms with van der Waals surface area (Å²) in [4.78, 5) is 2.00. The minimum absolute atomic E-state index is 0.0488. The van der Waals surface area contributed by atoms with Crippen molar-refractivity contribution in [2.24, 2.45) is 0 Å². The van der Waals surface area contributed by atoms with Gasteiger partial charge < -0.3 is 14.4 Å². The molecule has 7 nitrogen and oxygen atoms in total. The Hall–Kier alpha value is -0.0600. The number of methoxy groups -OCH3 is 1. The van der Waals surface area contributed by atoms with E-state index in [9.17, 15) is 12.6 Å². The minimum Gasteiger partial charge on any atom is -0.379 e. The van der Waals surface area contributed by atoms with Gasteiger partial charge in [-0.15, -0.1) is 0 Å². The Morgan fingerprint density at radius 2 is 1.13 bits per heavy atom. The molecule has 2 atom stereocenters. The zero-order chi connectivity index (χ0) is 29.6. The summed E-state index contributed by atoms with van der Waals surface area (Å²) < 4.78 is 49.7. The van der Waals surface area contributed by atoms with Crippen molar-refractivity contribution in [3.63, 3.8) is 0 Å². The first-order valence-corrected chi connectivity index (χ1v) is 18.8. The summed E-state index contributed by atoms with van der Waals surface area (Å²) in [6, 6.07) is 0. The Bertz CT molecular complexity index is 614. The first-order valence-electron chi connectivity index (χ1n) is 15.5. The highest BCUT2D eigenvalue weighted by atomic mass is 32.2. The molecule has 0 spiro atoms. The molecule has 0 rings (SSSR count). The van der Waals surface area contributed by atoms with Crippen LogP contribution in [-0.2, 0) is 34.6 Å². The fraction of sp³-hybridized carbons (Fsp3) is 1.00. The molecule has 39 heavy (non-hydrogen) atoms. The maximum absolute atomic E-state index is 12.0. The molecular weight excluding hydrogens is 534 g/mol. The van der Waals surface area contributed by atoms with Crippen molar-refractivity contribution >= 4 is 20.9 Å². The third kappa shape index (κ3) is 40.1. The molecule has 0 aromatic carbocycles. The summed E-state index contributed by atoms with van der Waals surface area (Å²) in [7, 11) is 3.24. The normalized spacial score (nSPS) is 13.3. The van der Waals surface area contributed by atoms with Gasteiger partial charge in [-0.1, -0.05) is 103 Å². The van der Waals surface area contributed by atoms with Crippen LogP contribution in [0.2, 0.25) is 0 Å². The smallest absolute Gasteiger partial charge is 0.264 e. The molecule has 0 saturated carbocycles. The molecule has 9 heteroatoms. The van der Waals surface area contributed by atoms with Crippen molar-refractivity contribution in [2.75, 3.05) is 65.8 Å². The molecule has 0 aromatic heterocycles. The van der Waals surface area contributed by atoms with Gasteiger partial charge in [0.1, 0.15) is 0 Å². The lowest BCUT2D eigenvalue weighted by Crippen LogP contribution is -2.22. The molecule has 0 fully saturated rings. The SMILES string of the molecule is CCCCCCCCCCCCCCCCCCOCC(CCS(=O)CCCOS(C)(=O)=O)OC.CN(C)C. The maximum atomic E-state index is 12.0. The maximum Gasteiger partial charge on any atom is 0.264 e. The lowest BCUT2D eigenvalue weighted by atomic mass is 10.0. The van der Waals surface area contributed by atoms with Crippen molar-refractivity contribution in [2.45, 2.75) is 129 Å². The molecule has 0 heterocycles. The number of nitrogens with zero attached hydrogens (tertiary/aromatic N) is 1. The van der Waals surface area contributed by atoms with Crippen molar-refractivity contribution in [1.29, 1.82) is 0 Å². The summed E-state index contributed by atoms with van der Waals surface area (Å²) in [5, 5.41) is 0. The number of hydrogen-bond acceptors (Lipinski definition) is 7. The number of ether oxygens (including phenoxy) is 2. The first kappa shape index (κ1) is 41.1. The molecule has 0 saturated heterocycles. The summed E-state index contributed by atoms with van der Waals surface area (Å²) in [5.41, 5.74) is 0. The number of hydrogen-bond donors (Lipinski definition) is 0. The molecule has 0 radical (unpaired) electrons. The Morgan fingerprint density at radius 1 is 0.692 bits per heavy atom. The third-order valence-corrected chi connectivity index (χ3v) is 8.29. The predicted molar refractivity (Wildman–Crippen MR) is 169 cm³/mol. The van der Waals surface area contributed by atoms with Crippen LogP contribution < -0.4 is 0 Å². The highest BCUT2D eigenvalue weighted by Gasteiger charge is 2.11. The van der Waals surface area contributed by atoms with Gasteiger partial charge in [0.25, 0.3) is 10.1 Å². The van der Waals surface area contributed by atoms with E-state index in [0.29, 0.717) is 31.0 Å². The first-order chi connectivity index (χ1) is 18.6. The number of rotatable bonds is 28. The standard InChI is InChI=1S/C27H56O6S2.C3H9N/c1-4-5-6-7-8-9-10-11-12-13-14-15-16-17-18-19-22-32-26-27(31-2)21-25-34(28)24-20-23-33-35(3,29)30;1-4(2)3/h27H,4-26H2,1-3H3;1-3H3. The quantitative estimate of drug-likeness (QED) is 0.0710. The monoisotopic (exact) mass is 599 g/mol. The summed E-state index contributed by atoms with van der Waals surface area (Å²) in [6.45, 7) is 3.65. The zero-order valence-corrected chi connectivity index (χ0v) is 28.2. The van der Waals surface area contributed by atoms with Gasteiger partial charge in [0, 0.05) is 36.0 Å². The van der Waals surface area contributed by atoms with E-state index in [1.54, 1.807) is 7.11 Å². The Labute approximate surface area is 246 Å². The summed E-state index contributed by atoms with van der Waals surface area (Å²) in [5.74, 6) is 0.964. The van der Waals surface area contributed by atoms with Crippen LogP contribution in [0.1, 0.15) is 122 Å². The lowest BCUT2D eigenvalue weighted by molar-refractivity contribution is 0.00633. The Kier molecular flexibility index (Phi) is 32.5. The van der Waals surface area contributed by atoms with Gasteiger partial charge >= 0.3 is 0 Å². The molecule has 0 N–H and O–H groups in total. The van der Waals surface area contributed by atoms with E-state index in [-0.39, 0.29) is 12.7 Å². The zero-order valence-electron chi connectivity index (χ0n) is 26.6. The van der Waals surface area contributed by atoms with Gasteiger partial charge in [0.15, 0.2) is 0 Å². The van der Waals surface area contributed by atoms with Gasteiger partial charge in [-0.2, -0.15) is 8.42 Å². The van der Waals surface area contributed by atoms with Gasteiger partial charge in [-0.05, 0) is 40.4 Å². The Morgan fingerprint density at radius 3 is 1.54 bits per heavy atom. The van der Waals surface area contributed by atoms with Crippen LogP contribution in [0.5, 0.6) is 0 Å². The molecule has 0 aliphatic rings. The van der Waals surface area contributed by atoms with E-state index in [4.69, 9.17) is 9.47 Å². The molecule has 0 bridgehead atoms. The average Bonchev–Trinajstić information content (AvgIpc) is 2.86. The molecule has 0 aromatic rings. The van der Waals surface area contributed by atoms with Gasteiger partial charge in [0.05, 0.1) is 25.6 Å². The van der Waals surface area contributed by atoms with Gasteiger partial charge in [-0.25, -0.2) is 0 Å². The molecule has 2 unspecified atom stereocenters. The second-order valence-corrected chi connectivity index (χ2v) is 14.4. The van der Waals surface area contributed by atoms with E-state index < -0.39 is 20.9 Å². The van der Waals surface area contributed by atoms with Crippen LogP contribution >= 0.6 is 0 Å². The van der Waals surface area contributed by atoms with Crippen LogP contribution in [0.25, 0.3) is 0 Å². The van der Waals surface area contributed by atoms with Crippen LogP contribution in [-0.4, -0.2) is 89.5 Å². The van der Waals surface area contributed by atoms with Crippen molar-refractivity contribution in [1.82, 2.24) is 4.90 Å². The molecule has 238 valence electrons. The largest absolute Gasteiger partial charge is 0.379 e. The highest BCUT2D eigenvalue weighted by Crippen LogP contribution is 2.14. The van der Waals surface area contributed by atoms with Crippen LogP contribution in [0.4, 0.5) is 0 Å². The summed E-state index contributed by atoms with van der Waals surface area (Å²) >= 11 is 0. The lowest BCUT2D eigenvalue weighted by Gasteiger charge is -2.15. The van der Waals surface area contributed by atoms with E-state index in [1.807, 2.05) is 26.0 Å². The topological polar surface area (TPSA) is 82.1 Å². The number of unbranched alkanes of at least 4 members (excludes halogenated alkanes) is 15. The molecule has 0 aliphatic heterocycles. The fourth-order valence-corrected chi connectivity index (χ4v) is 5.62. The predicted octanol–water partition coefficient (Wildman–Crippen LogP) is 6.96. The molecule has 0 aliphatic carbocycles. The molecule has 0 amide bonds. The van der Waals surface area contributed by atoms with E-state index in [1.165, 1.54) is 96.3 Å². The molecular formula is C30H65NO6S2. The van der Waals surface area contributed by atoms with Gasteiger partial charge in [-0.3, -0.25) is 8.39 Å². The van der Waals surface area contributed by atoms with E-state index in [0.717, 1.165) is 19.3 Å². The highest BCUT2D eigenvalue weighted by molar-refractivity contribution is 7.86. The Balaban J connectivity index is 0. The van der Waals surface area contributed by atoms with Crippen LogP contribution in [0.3, 0.4) is 0 Å². The van der Waals surface area contributed by atoms with Crippen molar-refractivity contribution < 1.29 is 26.3 Å². The van der Waals surface area contributed by atoms with Crippen molar-refractivity contribution in [3.05, 3.63) is 0 Å². The second kappa shape index (κ2) is 30.9. The average molecular weight is 600 g/mol. The fourth-order valence-electron chi connectivity index (χ4n) is 4.03. The van der Waals surface area contributed by atoms with Crippen LogP contribution in [0.15, 0.2) is 0 Å². The minimum atomic E-state index is -3.42. The van der Waals surface area contributed by atoms with E-state index in [2.05, 4.69) is 11.1 Å². The van der Waals surface area contributed by atoms with Crippen molar-refractivity contribution in [3.8, 4) is 0 Å². The second-order valence-electron chi connectivity index (χ2n) is 11.1. The summed E-state index contributed by atoms with van der Waals surface area (Å²) in [6.07, 6.45) is 23.9. The van der Waals surface area contributed by atoms with E-state index >= 15 is 0 Å². The van der Waals surface area contributed by atoms with Gasteiger partial charge in [0.2, 0.25) is 0 Å².